The van der Waals surface area contributed by atoms with E-state index in [0.717, 1.165) is 16.2 Å². The first kappa shape index (κ1) is 18.9. The Morgan fingerprint density at radius 3 is 2.48 bits per heavy atom. The van der Waals surface area contributed by atoms with Gasteiger partial charge in [0.2, 0.25) is 11.8 Å². The molecule has 1 heterocycles. The van der Waals surface area contributed by atoms with Gasteiger partial charge in [0.15, 0.2) is 5.13 Å². The van der Waals surface area contributed by atoms with Gasteiger partial charge in [0, 0.05) is 17.1 Å². The van der Waals surface area contributed by atoms with Crippen LogP contribution in [0.5, 0.6) is 5.75 Å². The lowest BCUT2D eigenvalue weighted by molar-refractivity contribution is -0.135. The molecule has 0 aliphatic heterocycles. The van der Waals surface area contributed by atoms with Crippen molar-refractivity contribution in [1.29, 1.82) is 0 Å². The molecular formula is C18H23N3O3S. The number of nitrogens with one attached hydrogen (secondary N) is 1. The molecule has 2 amide bonds. The summed E-state index contributed by atoms with van der Waals surface area (Å²) in [6, 6.07) is 7.27. The third kappa shape index (κ3) is 5.56. The quantitative estimate of drug-likeness (QED) is 0.823. The van der Waals surface area contributed by atoms with Crippen LogP contribution in [0.2, 0.25) is 0 Å². The zero-order chi connectivity index (χ0) is 18.4. The van der Waals surface area contributed by atoms with E-state index in [4.69, 9.17) is 4.74 Å². The van der Waals surface area contributed by atoms with E-state index < -0.39 is 0 Å². The first-order chi connectivity index (χ1) is 11.9. The summed E-state index contributed by atoms with van der Waals surface area (Å²) in [6.45, 7) is 5.72. The van der Waals surface area contributed by atoms with Gasteiger partial charge in [-0.3, -0.25) is 9.59 Å². The summed E-state index contributed by atoms with van der Waals surface area (Å²) < 4.78 is 5.12. The summed E-state index contributed by atoms with van der Waals surface area (Å²) in [5.74, 6) is 0.409. The Morgan fingerprint density at radius 1 is 1.28 bits per heavy atom. The van der Waals surface area contributed by atoms with Crippen LogP contribution in [0.1, 0.15) is 24.3 Å². The molecule has 1 N–H and O–H groups in total. The van der Waals surface area contributed by atoms with E-state index in [1.807, 2.05) is 45.0 Å². The second-order valence-electron chi connectivity index (χ2n) is 5.96. The Kier molecular flexibility index (Phi) is 6.52. The number of carbonyl (C=O) groups excluding carboxylic acids is 2. The molecule has 0 saturated carbocycles. The van der Waals surface area contributed by atoms with Crippen LogP contribution >= 0.6 is 11.3 Å². The molecule has 6 nitrogen and oxygen atoms in total. The number of anilines is 1. The highest BCUT2D eigenvalue weighted by molar-refractivity contribution is 7.15. The minimum absolute atomic E-state index is 0.00524. The molecule has 0 atom stereocenters. The van der Waals surface area contributed by atoms with E-state index in [0.29, 0.717) is 5.13 Å². The number of aryl methyl sites for hydroxylation is 1. The molecule has 25 heavy (non-hydrogen) atoms. The fourth-order valence-corrected chi connectivity index (χ4v) is 2.98. The minimum Gasteiger partial charge on any atom is -0.497 e. The molecule has 0 aliphatic carbocycles. The van der Waals surface area contributed by atoms with Crippen molar-refractivity contribution in [2.45, 2.75) is 33.2 Å². The van der Waals surface area contributed by atoms with Gasteiger partial charge in [-0.2, -0.15) is 0 Å². The number of amides is 2. The summed E-state index contributed by atoms with van der Waals surface area (Å²) in [7, 11) is 1.60. The van der Waals surface area contributed by atoms with Crippen LogP contribution in [0.15, 0.2) is 30.5 Å². The zero-order valence-corrected chi connectivity index (χ0v) is 15.7. The van der Waals surface area contributed by atoms with E-state index in [1.54, 1.807) is 18.2 Å². The predicted molar refractivity (Wildman–Crippen MR) is 99.0 cm³/mol. The Bertz CT molecular complexity index is 725. The Morgan fingerprint density at radius 2 is 1.96 bits per heavy atom. The average Bonchev–Trinajstić information content (AvgIpc) is 2.97. The second-order valence-corrected chi connectivity index (χ2v) is 7.20. The maximum absolute atomic E-state index is 12.6. The zero-order valence-electron chi connectivity index (χ0n) is 14.9. The number of carbonyl (C=O) groups is 2. The molecule has 2 aromatic rings. The van der Waals surface area contributed by atoms with E-state index >= 15 is 0 Å². The number of rotatable bonds is 7. The summed E-state index contributed by atoms with van der Waals surface area (Å²) >= 11 is 1.41. The lowest BCUT2D eigenvalue weighted by Crippen LogP contribution is -2.43. The minimum atomic E-state index is -0.244. The Labute approximate surface area is 151 Å². The summed E-state index contributed by atoms with van der Waals surface area (Å²) in [5.41, 5.74) is 0.882. The lowest BCUT2D eigenvalue weighted by Gasteiger charge is -2.26. The SMILES string of the molecule is COc1ccc(CC(=O)N(CC(=O)Nc2ncc(C)s2)C(C)C)cc1. The number of hydrogen-bond donors (Lipinski definition) is 1. The molecule has 1 aromatic heterocycles. The maximum atomic E-state index is 12.6. The highest BCUT2D eigenvalue weighted by Gasteiger charge is 2.21. The van der Waals surface area contributed by atoms with E-state index in [2.05, 4.69) is 10.3 Å². The van der Waals surface area contributed by atoms with Gasteiger partial charge in [-0.15, -0.1) is 11.3 Å². The van der Waals surface area contributed by atoms with Crippen molar-refractivity contribution in [3.63, 3.8) is 0 Å². The van der Waals surface area contributed by atoms with Gasteiger partial charge in [0.1, 0.15) is 12.3 Å². The van der Waals surface area contributed by atoms with Crippen molar-refractivity contribution in [1.82, 2.24) is 9.88 Å². The van der Waals surface area contributed by atoms with Crippen LogP contribution in [0.25, 0.3) is 0 Å². The van der Waals surface area contributed by atoms with Gasteiger partial charge in [-0.25, -0.2) is 4.98 Å². The van der Waals surface area contributed by atoms with E-state index in [-0.39, 0.29) is 30.8 Å². The van der Waals surface area contributed by atoms with Crippen molar-refractivity contribution < 1.29 is 14.3 Å². The molecule has 0 bridgehead atoms. The number of nitrogens with zero attached hydrogens (tertiary/aromatic N) is 2. The van der Waals surface area contributed by atoms with Gasteiger partial charge in [0.25, 0.3) is 0 Å². The standard InChI is InChI=1S/C18H23N3O3S/c1-12(2)21(11-16(22)20-18-19-10-13(3)25-18)17(23)9-14-5-7-15(24-4)8-6-14/h5-8,10,12H,9,11H2,1-4H3,(H,19,20,22). The van der Waals surface area contributed by atoms with Gasteiger partial charge >= 0.3 is 0 Å². The highest BCUT2D eigenvalue weighted by Crippen LogP contribution is 2.17. The lowest BCUT2D eigenvalue weighted by atomic mass is 10.1. The Balaban J connectivity index is 1.98. The number of benzene rings is 1. The van der Waals surface area contributed by atoms with Crippen molar-refractivity contribution in [3.8, 4) is 5.75 Å². The van der Waals surface area contributed by atoms with Crippen LogP contribution < -0.4 is 10.1 Å². The number of methoxy groups -OCH3 is 1. The normalized spacial score (nSPS) is 10.6. The first-order valence-corrected chi connectivity index (χ1v) is 8.85. The molecule has 134 valence electrons. The monoisotopic (exact) mass is 361 g/mol. The molecule has 0 radical (unpaired) electrons. The van der Waals surface area contributed by atoms with Crippen molar-refractivity contribution in [2.24, 2.45) is 0 Å². The van der Waals surface area contributed by atoms with Crippen LogP contribution in [0, 0.1) is 6.92 Å². The van der Waals surface area contributed by atoms with Gasteiger partial charge in [0.05, 0.1) is 13.5 Å². The highest BCUT2D eigenvalue weighted by atomic mass is 32.1. The molecule has 0 saturated heterocycles. The topological polar surface area (TPSA) is 71.5 Å². The fourth-order valence-electron chi connectivity index (χ4n) is 2.30. The summed E-state index contributed by atoms with van der Waals surface area (Å²) in [6.07, 6.45) is 1.95. The number of hydrogen-bond acceptors (Lipinski definition) is 5. The molecule has 1 aromatic carbocycles. The molecule has 0 unspecified atom stereocenters. The average molecular weight is 361 g/mol. The van der Waals surface area contributed by atoms with E-state index in [1.165, 1.54) is 11.3 Å². The van der Waals surface area contributed by atoms with Crippen LogP contribution in [0.4, 0.5) is 5.13 Å². The Hall–Kier alpha value is -2.41. The third-order valence-electron chi connectivity index (χ3n) is 3.64. The van der Waals surface area contributed by atoms with Crippen molar-refractivity contribution in [2.75, 3.05) is 19.0 Å². The largest absolute Gasteiger partial charge is 0.497 e. The molecule has 0 aliphatic rings. The van der Waals surface area contributed by atoms with Gasteiger partial charge < -0.3 is 15.0 Å². The van der Waals surface area contributed by atoms with Crippen molar-refractivity contribution >= 4 is 28.3 Å². The molecule has 0 fully saturated rings. The first-order valence-electron chi connectivity index (χ1n) is 8.03. The molecular weight excluding hydrogens is 338 g/mol. The number of ether oxygens (including phenoxy) is 1. The smallest absolute Gasteiger partial charge is 0.245 e. The van der Waals surface area contributed by atoms with Gasteiger partial charge in [-0.05, 0) is 38.5 Å². The van der Waals surface area contributed by atoms with Crippen LogP contribution in [-0.4, -0.2) is 41.4 Å². The molecule has 0 spiro atoms. The van der Waals surface area contributed by atoms with Crippen LogP contribution in [-0.2, 0) is 16.0 Å². The van der Waals surface area contributed by atoms with Gasteiger partial charge in [-0.1, -0.05) is 12.1 Å². The van der Waals surface area contributed by atoms with E-state index in [9.17, 15) is 9.59 Å². The fraction of sp³-hybridized carbons (Fsp3) is 0.389. The number of thiazole rings is 1. The second kappa shape index (κ2) is 8.62. The molecule has 2 rings (SSSR count). The number of aromatic nitrogens is 1. The van der Waals surface area contributed by atoms with Crippen LogP contribution in [0.3, 0.4) is 0 Å². The van der Waals surface area contributed by atoms with Crippen molar-refractivity contribution in [3.05, 3.63) is 40.9 Å². The maximum Gasteiger partial charge on any atom is 0.245 e. The predicted octanol–water partition coefficient (Wildman–Crippen LogP) is 2.88. The summed E-state index contributed by atoms with van der Waals surface area (Å²) in [4.78, 5) is 31.5. The summed E-state index contributed by atoms with van der Waals surface area (Å²) in [5, 5.41) is 3.29. The molecule has 7 heteroatoms. The third-order valence-corrected chi connectivity index (χ3v) is 4.47.